The number of methoxy groups -OCH3 is 1. The van der Waals surface area contributed by atoms with Crippen LogP contribution in [0, 0.1) is 0 Å². The van der Waals surface area contributed by atoms with Gasteiger partial charge in [-0.05, 0) is 29.6 Å². The van der Waals surface area contributed by atoms with Crippen molar-refractivity contribution in [3.63, 3.8) is 0 Å². The average Bonchev–Trinajstić information content (AvgIpc) is 3.04. The molecule has 0 fully saturated rings. The molecule has 1 aromatic carbocycles. The number of hydrogen-bond acceptors (Lipinski definition) is 4. The lowest BCUT2D eigenvalue weighted by molar-refractivity contribution is -0.120. The highest BCUT2D eigenvalue weighted by atomic mass is 32.1. The fourth-order valence-corrected chi connectivity index (χ4v) is 2.58. The Morgan fingerprint density at radius 1 is 1.14 bits per heavy atom. The molecule has 0 radical (unpaired) electrons. The molecule has 116 valence electrons. The van der Waals surface area contributed by atoms with Crippen LogP contribution in [0.25, 0.3) is 0 Å². The summed E-state index contributed by atoms with van der Waals surface area (Å²) in [5.74, 6) is 0.404. The minimum Gasteiger partial charge on any atom is -0.497 e. The van der Waals surface area contributed by atoms with Crippen LogP contribution in [-0.4, -0.2) is 32.0 Å². The normalized spacial score (nSPS) is 10.0. The number of amides is 2. The second-order valence-electron chi connectivity index (χ2n) is 4.59. The number of ether oxygens (including phenoxy) is 1. The summed E-state index contributed by atoms with van der Waals surface area (Å²) in [7, 11) is 1.56. The second-order valence-corrected chi connectivity index (χ2v) is 5.63. The molecule has 1 heterocycles. The monoisotopic (exact) mass is 318 g/mol. The van der Waals surface area contributed by atoms with E-state index in [2.05, 4.69) is 10.6 Å². The summed E-state index contributed by atoms with van der Waals surface area (Å²) in [5, 5.41) is 7.48. The van der Waals surface area contributed by atoms with Crippen LogP contribution in [0.5, 0.6) is 5.75 Å². The van der Waals surface area contributed by atoms with E-state index in [4.69, 9.17) is 4.74 Å². The van der Waals surface area contributed by atoms with E-state index in [1.54, 1.807) is 42.7 Å². The first-order chi connectivity index (χ1) is 10.7. The van der Waals surface area contributed by atoms with E-state index in [9.17, 15) is 9.59 Å². The van der Waals surface area contributed by atoms with Gasteiger partial charge in [0.1, 0.15) is 5.75 Å². The third kappa shape index (κ3) is 4.89. The molecule has 0 bridgehead atoms. The number of hydrogen-bond donors (Lipinski definition) is 2. The molecular weight excluding hydrogens is 300 g/mol. The van der Waals surface area contributed by atoms with Crippen LogP contribution >= 0.6 is 11.3 Å². The van der Waals surface area contributed by atoms with E-state index in [1.165, 1.54) is 0 Å². The average molecular weight is 318 g/mol. The van der Waals surface area contributed by atoms with Crippen LogP contribution in [0.3, 0.4) is 0 Å². The van der Waals surface area contributed by atoms with E-state index in [0.29, 0.717) is 30.8 Å². The second kappa shape index (κ2) is 8.19. The van der Waals surface area contributed by atoms with Gasteiger partial charge in [-0.3, -0.25) is 9.59 Å². The van der Waals surface area contributed by atoms with Crippen molar-refractivity contribution < 1.29 is 14.3 Å². The van der Waals surface area contributed by atoms with Crippen molar-refractivity contribution in [2.75, 3.05) is 20.2 Å². The van der Waals surface area contributed by atoms with Crippen molar-refractivity contribution in [1.82, 2.24) is 10.6 Å². The molecule has 2 N–H and O–H groups in total. The van der Waals surface area contributed by atoms with Crippen LogP contribution in [0.15, 0.2) is 41.8 Å². The molecule has 0 atom stereocenters. The highest BCUT2D eigenvalue weighted by molar-refractivity contribution is 7.10. The largest absolute Gasteiger partial charge is 0.497 e. The zero-order valence-electron chi connectivity index (χ0n) is 12.3. The summed E-state index contributed by atoms with van der Waals surface area (Å²) in [6.45, 7) is 0.784. The van der Waals surface area contributed by atoms with Crippen molar-refractivity contribution in [1.29, 1.82) is 0 Å². The molecule has 0 aliphatic heterocycles. The number of benzene rings is 1. The standard InChI is InChI=1S/C16H18N2O3S/c1-21-13-5-2-4-12(10-13)16(20)18-8-7-17-15(19)11-14-6-3-9-22-14/h2-6,9-10H,7-8,11H2,1H3,(H,17,19)(H,18,20). The first-order valence-corrected chi connectivity index (χ1v) is 7.78. The molecule has 0 aliphatic rings. The Balaban J connectivity index is 1.69. The fraction of sp³-hybridized carbons (Fsp3) is 0.250. The third-order valence-electron chi connectivity index (χ3n) is 2.98. The maximum Gasteiger partial charge on any atom is 0.251 e. The Labute approximate surface area is 133 Å². The number of carbonyl (C=O) groups is 2. The van der Waals surface area contributed by atoms with Crippen LogP contribution < -0.4 is 15.4 Å². The van der Waals surface area contributed by atoms with Gasteiger partial charge in [0.25, 0.3) is 5.91 Å². The lowest BCUT2D eigenvalue weighted by Crippen LogP contribution is -2.35. The first-order valence-electron chi connectivity index (χ1n) is 6.90. The summed E-state index contributed by atoms with van der Waals surface area (Å²) in [6.07, 6.45) is 0.376. The van der Waals surface area contributed by atoms with Gasteiger partial charge < -0.3 is 15.4 Å². The van der Waals surface area contributed by atoms with Crippen molar-refractivity contribution in [3.8, 4) is 5.75 Å². The summed E-state index contributed by atoms with van der Waals surface area (Å²) >= 11 is 1.55. The van der Waals surface area contributed by atoms with E-state index in [0.717, 1.165) is 4.88 Å². The van der Waals surface area contributed by atoms with Crippen LogP contribution in [0.2, 0.25) is 0 Å². The SMILES string of the molecule is COc1cccc(C(=O)NCCNC(=O)Cc2cccs2)c1. The van der Waals surface area contributed by atoms with Crippen molar-refractivity contribution in [2.45, 2.75) is 6.42 Å². The van der Waals surface area contributed by atoms with Crippen LogP contribution in [0.1, 0.15) is 15.2 Å². The van der Waals surface area contributed by atoms with Gasteiger partial charge in [0.2, 0.25) is 5.91 Å². The molecule has 5 nitrogen and oxygen atoms in total. The minimum atomic E-state index is -0.189. The molecule has 2 aromatic rings. The van der Waals surface area contributed by atoms with E-state index < -0.39 is 0 Å². The van der Waals surface area contributed by atoms with Crippen molar-refractivity contribution >= 4 is 23.2 Å². The van der Waals surface area contributed by atoms with Crippen LogP contribution in [0.4, 0.5) is 0 Å². The lowest BCUT2D eigenvalue weighted by atomic mass is 10.2. The summed E-state index contributed by atoms with van der Waals surface area (Å²) in [4.78, 5) is 24.6. The zero-order chi connectivity index (χ0) is 15.8. The predicted molar refractivity (Wildman–Crippen MR) is 86.4 cm³/mol. The molecule has 0 saturated heterocycles. The van der Waals surface area contributed by atoms with Crippen molar-refractivity contribution in [2.24, 2.45) is 0 Å². The van der Waals surface area contributed by atoms with Gasteiger partial charge in [-0.2, -0.15) is 0 Å². The maximum absolute atomic E-state index is 11.9. The minimum absolute atomic E-state index is 0.0434. The van der Waals surface area contributed by atoms with Gasteiger partial charge in [-0.1, -0.05) is 12.1 Å². The van der Waals surface area contributed by atoms with E-state index in [-0.39, 0.29) is 11.8 Å². The number of carbonyl (C=O) groups excluding carboxylic acids is 2. The van der Waals surface area contributed by atoms with Crippen LogP contribution in [-0.2, 0) is 11.2 Å². The van der Waals surface area contributed by atoms with Gasteiger partial charge in [0, 0.05) is 23.5 Å². The van der Waals surface area contributed by atoms with Gasteiger partial charge in [-0.25, -0.2) is 0 Å². The summed E-state index contributed by atoms with van der Waals surface area (Å²) in [5.41, 5.74) is 0.532. The third-order valence-corrected chi connectivity index (χ3v) is 3.86. The molecule has 22 heavy (non-hydrogen) atoms. The molecule has 1 aromatic heterocycles. The molecule has 0 saturated carbocycles. The first kappa shape index (κ1) is 16.0. The maximum atomic E-state index is 11.9. The molecule has 0 spiro atoms. The molecule has 0 unspecified atom stereocenters. The van der Waals surface area contributed by atoms with Gasteiger partial charge in [0.15, 0.2) is 0 Å². The fourth-order valence-electron chi connectivity index (χ4n) is 1.88. The number of thiophene rings is 1. The Kier molecular flexibility index (Phi) is 5.97. The van der Waals surface area contributed by atoms with E-state index >= 15 is 0 Å². The van der Waals surface area contributed by atoms with Crippen molar-refractivity contribution in [3.05, 3.63) is 52.2 Å². The quantitative estimate of drug-likeness (QED) is 0.766. The molecule has 6 heteroatoms. The van der Waals surface area contributed by atoms with Gasteiger partial charge in [0.05, 0.1) is 13.5 Å². The summed E-state index contributed by atoms with van der Waals surface area (Å²) < 4.78 is 5.08. The number of nitrogens with one attached hydrogen (secondary N) is 2. The van der Waals surface area contributed by atoms with Gasteiger partial charge in [-0.15, -0.1) is 11.3 Å². The highest BCUT2D eigenvalue weighted by Gasteiger charge is 2.07. The molecule has 2 amide bonds. The van der Waals surface area contributed by atoms with Gasteiger partial charge >= 0.3 is 0 Å². The Morgan fingerprint density at radius 2 is 1.95 bits per heavy atom. The molecule has 0 aliphatic carbocycles. The Hall–Kier alpha value is -2.34. The summed E-state index contributed by atoms with van der Waals surface area (Å²) in [6, 6.07) is 10.8. The molecular formula is C16H18N2O3S. The number of rotatable bonds is 7. The Morgan fingerprint density at radius 3 is 2.68 bits per heavy atom. The lowest BCUT2D eigenvalue weighted by Gasteiger charge is -2.07. The van der Waals surface area contributed by atoms with E-state index in [1.807, 2.05) is 17.5 Å². The Bertz CT molecular complexity index is 626. The predicted octanol–water partition coefficient (Wildman–Crippen LogP) is 1.85. The molecule has 2 rings (SSSR count). The highest BCUT2D eigenvalue weighted by Crippen LogP contribution is 2.12. The smallest absolute Gasteiger partial charge is 0.251 e. The topological polar surface area (TPSA) is 67.4 Å². The zero-order valence-corrected chi connectivity index (χ0v) is 13.1.